The van der Waals surface area contributed by atoms with Crippen LogP contribution in [0.4, 0.5) is 0 Å². The van der Waals surface area contributed by atoms with E-state index in [1.807, 2.05) is 0 Å². The Bertz CT molecular complexity index is 1200. The van der Waals surface area contributed by atoms with Crippen LogP contribution in [0.25, 0.3) is 0 Å². The molecule has 6 N–H and O–H groups in total. The van der Waals surface area contributed by atoms with Crippen LogP contribution in [-0.4, -0.2) is 91.4 Å². The number of fused-ring (bicyclic) bond motifs is 2. The molecule has 1 saturated heterocycles. The fourth-order valence-corrected chi connectivity index (χ4v) is 12.4. The van der Waals surface area contributed by atoms with Crippen LogP contribution in [0.5, 0.6) is 0 Å². The molecule has 15 atom stereocenters. The van der Waals surface area contributed by atoms with Gasteiger partial charge in [-0.15, -0.1) is 0 Å². The molecule has 256 valence electrons. The number of aliphatic hydroxyl groups excluding tert-OH is 4. The third kappa shape index (κ3) is 4.45. The van der Waals surface area contributed by atoms with Crippen molar-refractivity contribution in [2.45, 2.75) is 148 Å². The van der Waals surface area contributed by atoms with Gasteiger partial charge in [0, 0.05) is 18.3 Å². The molecule has 6 rings (SSSR count). The van der Waals surface area contributed by atoms with Gasteiger partial charge in [0.1, 0.15) is 23.9 Å². The first-order valence-corrected chi connectivity index (χ1v) is 17.3. The number of Topliss-reactive ketones (excluding diaryl/α,β-unsaturated/α-hetero) is 1. The monoisotopic (exact) mass is 636 g/mol. The van der Waals surface area contributed by atoms with Gasteiger partial charge in [0.05, 0.1) is 24.2 Å². The van der Waals surface area contributed by atoms with Crippen LogP contribution >= 0.6 is 0 Å². The number of carboxylic acid groups (broad SMARTS) is 1. The first kappa shape index (κ1) is 33.7. The summed E-state index contributed by atoms with van der Waals surface area (Å²) in [5.74, 6) is -0.267. The molecular formula is C35H56O10. The van der Waals surface area contributed by atoms with Crippen LogP contribution < -0.4 is 0 Å². The second-order valence-corrected chi connectivity index (χ2v) is 17.2. The highest BCUT2D eigenvalue weighted by molar-refractivity contribution is 5.86. The van der Waals surface area contributed by atoms with Gasteiger partial charge >= 0.3 is 5.97 Å². The molecular weight excluding hydrogens is 580 g/mol. The molecule has 0 amide bonds. The van der Waals surface area contributed by atoms with E-state index in [2.05, 4.69) is 20.8 Å². The number of hydrogen-bond donors (Lipinski definition) is 6. The Balaban J connectivity index is 1.25. The summed E-state index contributed by atoms with van der Waals surface area (Å²) in [4.78, 5) is 25.7. The van der Waals surface area contributed by atoms with E-state index < -0.39 is 59.2 Å². The van der Waals surface area contributed by atoms with E-state index in [0.717, 1.165) is 44.9 Å². The zero-order chi connectivity index (χ0) is 33.1. The standard InChI is InChI=1S/C35H56O10/c1-18(7-10-23(37)30(2,3)43)19-11-12-32(5)21-8-9-22-33(6,29(41)42)25(45-28-27(40)26(39)20(36)16-44-28)15-24(38)35(22)17-34(21,35)14-13-31(19,32)4/h18-22,24-28,36,38-40,43H,7-17H2,1-6H3,(H,41,42)/t18-,19-,20-,21+,22+,24+,25+,26+,27-,28+,31-,32+,33+,34+,35-/m1/s1. The lowest BCUT2D eigenvalue weighted by atomic mass is 9.41. The lowest BCUT2D eigenvalue weighted by molar-refractivity contribution is -0.309. The maximum atomic E-state index is 13.2. The summed E-state index contributed by atoms with van der Waals surface area (Å²) >= 11 is 0. The Morgan fingerprint density at radius 1 is 0.956 bits per heavy atom. The lowest BCUT2D eigenvalue weighted by Gasteiger charge is -2.64. The molecule has 0 radical (unpaired) electrons. The smallest absolute Gasteiger partial charge is 0.312 e. The lowest BCUT2D eigenvalue weighted by Crippen LogP contribution is -2.65. The third-order valence-electron chi connectivity index (χ3n) is 15.2. The summed E-state index contributed by atoms with van der Waals surface area (Å²) in [6, 6.07) is 0. The van der Waals surface area contributed by atoms with Crippen molar-refractivity contribution in [3.05, 3.63) is 0 Å². The summed E-state index contributed by atoms with van der Waals surface area (Å²) in [6.07, 6.45) is 0.406. The summed E-state index contributed by atoms with van der Waals surface area (Å²) in [7, 11) is 0. The normalized spacial score (nSPS) is 53.0. The topological polar surface area (TPSA) is 174 Å². The molecule has 10 nitrogen and oxygen atoms in total. The van der Waals surface area contributed by atoms with Crippen molar-refractivity contribution in [1.82, 2.24) is 0 Å². The molecule has 0 aromatic rings. The molecule has 1 heterocycles. The minimum atomic E-state index is -1.54. The number of carboxylic acids is 1. The van der Waals surface area contributed by atoms with Crippen molar-refractivity contribution < 1.29 is 49.7 Å². The molecule has 6 aliphatic rings. The zero-order valence-corrected chi connectivity index (χ0v) is 27.9. The SMILES string of the molecule is C[C@H](CCC(=O)C(C)(C)O)[C@H]1CC[C@@]2(C)[C@@H]3CC[C@H]4[C@](C)(C(=O)O)[C@@H](O[C@@H]5OC[C@@H](O)[C@H](O)[C@H]5O)C[C@H](O)[C@@]45C[C@@]35CC[C@]12C. The van der Waals surface area contributed by atoms with Crippen molar-refractivity contribution in [3.8, 4) is 0 Å². The van der Waals surface area contributed by atoms with E-state index in [9.17, 15) is 40.2 Å². The summed E-state index contributed by atoms with van der Waals surface area (Å²) in [6.45, 7) is 11.7. The van der Waals surface area contributed by atoms with Crippen molar-refractivity contribution in [1.29, 1.82) is 0 Å². The number of rotatable bonds is 8. The van der Waals surface area contributed by atoms with Crippen LogP contribution in [0, 0.1) is 50.7 Å². The molecule has 5 saturated carbocycles. The predicted molar refractivity (Wildman–Crippen MR) is 163 cm³/mol. The van der Waals surface area contributed by atoms with Crippen LogP contribution in [0.1, 0.15) is 106 Å². The van der Waals surface area contributed by atoms with Gasteiger partial charge in [-0.3, -0.25) is 9.59 Å². The van der Waals surface area contributed by atoms with E-state index in [1.165, 1.54) is 0 Å². The maximum Gasteiger partial charge on any atom is 0.312 e. The van der Waals surface area contributed by atoms with Crippen LogP contribution in [0.15, 0.2) is 0 Å². The minimum absolute atomic E-state index is 0.0304. The highest BCUT2D eigenvalue weighted by Gasteiger charge is 2.86. The predicted octanol–water partition coefficient (Wildman–Crippen LogP) is 3.04. The van der Waals surface area contributed by atoms with Crippen LogP contribution in [0.2, 0.25) is 0 Å². The average molecular weight is 637 g/mol. The molecule has 6 fully saturated rings. The summed E-state index contributed by atoms with van der Waals surface area (Å²) in [5.41, 5.74) is -3.20. The molecule has 0 bridgehead atoms. The van der Waals surface area contributed by atoms with Crippen LogP contribution in [0.3, 0.4) is 0 Å². The fourth-order valence-electron chi connectivity index (χ4n) is 12.4. The van der Waals surface area contributed by atoms with E-state index in [0.29, 0.717) is 30.6 Å². The molecule has 0 aromatic carbocycles. The Morgan fingerprint density at radius 3 is 2.27 bits per heavy atom. The average Bonchev–Trinajstić information content (AvgIpc) is 3.58. The van der Waals surface area contributed by atoms with Gasteiger partial charge in [0.15, 0.2) is 12.1 Å². The number of ether oxygens (including phenoxy) is 2. The molecule has 1 aliphatic heterocycles. The zero-order valence-electron chi connectivity index (χ0n) is 27.9. The molecule has 5 aliphatic carbocycles. The largest absolute Gasteiger partial charge is 0.481 e. The van der Waals surface area contributed by atoms with Crippen molar-refractivity contribution in [2.24, 2.45) is 50.7 Å². The first-order chi connectivity index (χ1) is 20.8. The Labute approximate surface area is 266 Å². The summed E-state index contributed by atoms with van der Waals surface area (Å²) in [5, 5.41) is 63.6. The molecule has 2 spiro atoms. The van der Waals surface area contributed by atoms with Crippen molar-refractivity contribution >= 4 is 11.8 Å². The second kappa shape index (κ2) is 10.7. The van der Waals surface area contributed by atoms with Gasteiger partial charge in [-0.2, -0.15) is 0 Å². The quantitative estimate of drug-likeness (QED) is 0.217. The first-order valence-electron chi connectivity index (χ1n) is 17.3. The molecule has 0 unspecified atom stereocenters. The van der Waals surface area contributed by atoms with Gasteiger partial charge in [-0.1, -0.05) is 20.8 Å². The third-order valence-corrected chi connectivity index (χ3v) is 15.2. The molecule has 45 heavy (non-hydrogen) atoms. The molecule has 0 aromatic heterocycles. The van der Waals surface area contributed by atoms with E-state index in [-0.39, 0.29) is 41.0 Å². The maximum absolute atomic E-state index is 13.2. The Morgan fingerprint density at radius 2 is 1.62 bits per heavy atom. The highest BCUT2D eigenvalue weighted by Crippen LogP contribution is 2.89. The van der Waals surface area contributed by atoms with Crippen molar-refractivity contribution in [3.63, 3.8) is 0 Å². The fraction of sp³-hybridized carbons (Fsp3) is 0.943. The van der Waals surface area contributed by atoms with Gasteiger partial charge in [-0.25, -0.2) is 0 Å². The van der Waals surface area contributed by atoms with Gasteiger partial charge < -0.3 is 40.1 Å². The summed E-state index contributed by atoms with van der Waals surface area (Å²) < 4.78 is 11.6. The number of aliphatic hydroxyl groups is 5. The van der Waals surface area contributed by atoms with Gasteiger partial charge in [-0.05, 0) is 112 Å². The van der Waals surface area contributed by atoms with Crippen LogP contribution in [-0.2, 0) is 19.1 Å². The second-order valence-electron chi connectivity index (χ2n) is 17.2. The van der Waals surface area contributed by atoms with E-state index in [1.54, 1.807) is 20.8 Å². The van der Waals surface area contributed by atoms with Gasteiger partial charge in [0.25, 0.3) is 0 Å². The number of aliphatic carboxylic acids is 1. The molecule has 10 heteroatoms. The van der Waals surface area contributed by atoms with E-state index >= 15 is 0 Å². The number of ketones is 1. The highest BCUT2D eigenvalue weighted by atomic mass is 16.7. The minimum Gasteiger partial charge on any atom is -0.481 e. The van der Waals surface area contributed by atoms with E-state index in [4.69, 9.17) is 9.47 Å². The Hall–Kier alpha value is -1.14. The van der Waals surface area contributed by atoms with Gasteiger partial charge in [0.2, 0.25) is 0 Å². The number of carbonyl (C=O) groups is 2. The number of carbonyl (C=O) groups excluding carboxylic acids is 1. The Kier molecular flexibility index (Phi) is 8.01. The number of hydrogen-bond acceptors (Lipinski definition) is 9. The van der Waals surface area contributed by atoms with Crippen molar-refractivity contribution in [2.75, 3.05) is 6.61 Å².